The molecule has 2 rings (SSSR count). The van der Waals surface area contributed by atoms with Gasteiger partial charge in [-0.15, -0.1) is 10.2 Å². The van der Waals surface area contributed by atoms with Crippen molar-refractivity contribution in [3.63, 3.8) is 0 Å². The van der Waals surface area contributed by atoms with Gasteiger partial charge in [-0.2, -0.15) is 0 Å². The Balaban J connectivity index is 1.91. The smallest absolute Gasteiger partial charge is 0.192 e. The molecule has 1 aliphatic rings. The van der Waals surface area contributed by atoms with Crippen molar-refractivity contribution in [2.75, 3.05) is 39.9 Å². The highest BCUT2D eigenvalue weighted by Gasteiger charge is 2.19. The molecular weight excluding hydrogens is 318 g/mol. The molecule has 8 heteroatoms. The summed E-state index contributed by atoms with van der Waals surface area (Å²) in [4.78, 5) is 7.23. The second kappa shape index (κ2) is 10.4. The second-order valence-electron chi connectivity index (χ2n) is 6.57. The Bertz CT molecular complexity index is 535. The predicted molar refractivity (Wildman–Crippen MR) is 99.6 cm³/mol. The maximum atomic E-state index is 5.13. The van der Waals surface area contributed by atoms with Gasteiger partial charge in [0, 0.05) is 39.8 Å². The first kappa shape index (κ1) is 19.7. The molecule has 0 atom stereocenters. The van der Waals surface area contributed by atoms with E-state index in [-0.39, 0.29) is 0 Å². The Morgan fingerprint density at radius 3 is 2.68 bits per heavy atom. The van der Waals surface area contributed by atoms with Gasteiger partial charge in [0.1, 0.15) is 12.4 Å². The average Bonchev–Trinajstić information content (AvgIpc) is 2.93. The van der Waals surface area contributed by atoms with Gasteiger partial charge in [0.2, 0.25) is 0 Å². The molecule has 25 heavy (non-hydrogen) atoms. The van der Waals surface area contributed by atoms with Gasteiger partial charge in [0.15, 0.2) is 11.8 Å². The molecule has 0 aromatic carbocycles. The largest absolute Gasteiger partial charge is 0.383 e. The second-order valence-corrected chi connectivity index (χ2v) is 6.57. The molecule has 8 nitrogen and oxygen atoms in total. The summed E-state index contributed by atoms with van der Waals surface area (Å²) < 4.78 is 7.10. The van der Waals surface area contributed by atoms with Crippen LogP contribution in [-0.4, -0.2) is 71.6 Å². The third-order valence-corrected chi connectivity index (χ3v) is 4.63. The van der Waals surface area contributed by atoms with Crippen LogP contribution in [0.5, 0.6) is 0 Å². The first-order valence-electron chi connectivity index (χ1n) is 9.25. The molecule has 1 aromatic rings. The van der Waals surface area contributed by atoms with Crippen LogP contribution < -0.4 is 10.6 Å². The van der Waals surface area contributed by atoms with Crippen LogP contribution in [0.15, 0.2) is 4.99 Å². The van der Waals surface area contributed by atoms with Gasteiger partial charge in [-0.3, -0.25) is 0 Å². The quantitative estimate of drug-likeness (QED) is 0.407. The molecule has 1 aliphatic heterocycles. The van der Waals surface area contributed by atoms with Crippen molar-refractivity contribution in [1.29, 1.82) is 0 Å². The van der Waals surface area contributed by atoms with E-state index in [0.29, 0.717) is 19.2 Å². The van der Waals surface area contributed by atoms with Crippen molar-refractivity contribution in [3.8, 4) is 0 Å². The van der Waals surface area contributed by atoms with Crippen molar-refractivity contribution >= 4 is 5.96 Å². The van der Waals surface area contributed by atoms with E-state index in [4.69, 9.17) is 9.73 Å². The number of piperidine rings is 1. The SMILES string of the molecule is CCCN1CCC(NC(=NCc2nnc(C)n2C)NCCOC)CC1. The Kier molecular flexibility index (Phi) is 8.14. The predicted octanol–water partition coefficient (Wildman–Crippen LogP) is 0.680. The van der Waals surface area contributed by atoms with E-state index in [1.807, 2.05) is 18.5 Å². The van der Waals surface area contributed by atoms with E-state index in [1.165, 1.54) is 13.0 Å². The lowest BCUT2D eigenvalue weighted by atomic mass is 10.1. The minimum Gasteiger partial charge on any atom is -0.383 e. The lowest BCUT2D eigenvalue weighted by Gasteiger charge is -2.32. The molecule has 0 aliphatic carbocycles. The van der Waals surface area contributed by atoms with Crippen LogP contribution >= 0.6 is 0 Å². The molecule has 2 heterocycles. The number of aromatic nitrogens is 3. The molecule has 0 saturated carbocycles. The van der Waals surface area contributed by atoms with Crippen molar-refractivity contribution in [1.82, 2.24) is 30.3 Å². The number of guanidine groups is 1. The maximum Gasteiger partial charge on any atom is 0.192 e. The highest BCUT2D eigenvalue weighted by molar-refractivity contribution is 5.80. The van der Waals surface area contributed by atoms with Gasteiger partial charge in [0.25, 0.3) is 0 Å². The van der Waals surface area contributed by atoms with Gasteiger partial charge in [-0.1, -0.05) is 6.92 Å². The van der Waals surface area contributed by atoms with Crippen molar-refractivity contribution in [3.05, 3.63) is 11.6 Å². The summed E-state index contributed by atoms with van der Waals surface area (Å²) in [5.74, 6) is 2.59. The summed E-state index contributed by atoms with van der Waals surface area (Å²) in [5.41, 5.74) is 0. The van der Waals surface area contributed by atoms with Gasteiger partial charge < -0.3 is 24.8 Å². The number of hydrogen-bond donors (Lipinski definition) is 2. The Labute approximate surface area is 151 Å². The van der Waals surface area contributed by atoms with Crippen LogP contribution in [-0.2, 0) is 18.3 Å². The number of rotatable bonds is 8. The fraction of sp³-hybridized carbons (Fsp3) is 0.824. The molecule has 0 spiro atoms. The third kappa shape index (κ3) is 6.28. The maximum absolute atomic E-state index is 5.13. The van der Waals surface area contributed by atoms with Crippen LogP contribution in [0.25, 0.3) is 0 Å². The average molecular weight is 351 g/mol. The minimum atomic E-state index is 0.461. The van der Waals surface area contributed by atoms with Gasteiger partial charge in [-0.25, -0.2) is 4.99 Å². The number of aliphatic imine (C=N–C) groups is 1. The van der Waals surface area contributed by atoms with E-state index >= 15 is 0 Å². The number of nitrogens with one attached hydrogen (secondary N) is 2. The molecule has 1 saturated heterocycles. The molecule has 1 fully saturated rings. The Morgan fingerprint density at radius 1 is 1.32 bits per heavy atom. The molecule has 142 valence electrons. The molecule has 0 amide bonds. The van der Waals surface area contributed by atoms with E-state index in [2.05, 4.69) is 32.7 Å². The Hall–Kier alpha value is -1.67. The summed E-state index contributed by atoms with van der Waals surface area (Å²) in [5, 5.41) is 15.2. The molecule has 1 aromatic heterocycles. The summed E-state index contributed by atoms with van der Waals surface area (Å²) in [7, 11) is 3.67. The van der Waals surface area contributed by atoms with Gasteiger partial charge >= 0.3 is 0 Å². The fourth-order valence-corrected chi connectivity index (χ4v) is 2.97. The van der Waals surface area contributed by atoms with Gasteiger partial charge in [-0.05, 0) is 32.7 Å². The summed E-state index contributed by atoms with van der Waals surface area (Å²) in [6.07, 6.45) is 3.52. The Morgan fingerprint density at radius 2 is 2.08 bits per heavy atom. The van der Waals surface area contributed by atoms with Crippen LogP contribution in [0, 0.1) is 6.92 Å². The molecule has 0 unspecified atom stereocenters. The zero-order valence-corrected chi connectivity index (χ0v) is 16.1. The molecule has 0 radical (unpaired) electrons. The van der Waals surface area contributed by atoms with Crippen LogP contribution in [0.1, 0.15) is 37.8 Å². The third-order valence-electron chi connectivity index (χ3n) is 4.63. The van der Waals surface area contributed by atoms with E-state index in [0.717, 1.165) is 50.1 Å². The normalized spacial score (nSPS) is 17.0. The van der Waals surface area contributed by atoms with Crippen LogP contribution in [0.3, 0.4) is 0 Å². The number of nitrogens with zero attached hydrogens (tertiary/aromatic N) is 5. The summed E-state index contributed by atoms with van der Waals surface area (Å²) in [6, 6.07) is 0.461. The standard InChI is InChI=1S/C17H33N7O/c1-5-9-24-10-6-15(7-11-24)20-17(18-8-12-25-4)19-13-16-22-21-14(2)23(16)3/h15H,5-13H2,1-4H3,(H2,18,19,20). The summed E-state index contributed by atoms with van der Waals surface area (Å²) in [6.45, 7) is 9.58. The minimum absolute atomic E-state index is 0.461. The number of likely N-dealkylation sites (tertiary alicyclic amines) is 1. The lowest BCUT2D eigenvalue weighted by Crippen LogP contribution is -2.49. The topological polar surface area (TPSA) is 79.6 Å². The van der Waals surface area contributed by atoms with E-state index in [1.54, 1.807) is 7.11 Å². The fourth-order valence-electron chi connectivity index (χ4n) is 2.97. The highest BCUT2D eigenvalue weighted by atomic mass is 16.5. The van der Waals surface area contributed by atoms with Crippen LogP contribution in [0.4, 0.5) is 0 Å². The van der Waals surface area contributed by atoms with Gasteiger partial charge in [0.05, 0.1) is 6.61 Å². The van der Waals surface area contributed by atoms with Crippen molar-refractivity contribution in [2.24, 2.45) is 12.0 Å². The van der Waals surface area contributed by atoms with E-state index < -0.39 is 0 Å². The lowest BCUT2D eigenvalue weighted by molar-refractivity contribution is 0.200. The number of aryl methyl sites for hydroxylation is 1. The zero-order chi connectivity index (χ0) is 18.1. The van der Waals surface area contributed by atoms with Crippen molar-refractivity contribution in [2.45, 2.75) is 45.7 Å². The zero-order valence-electron chi connectivity index (χ0n) is 16.1. The first-order chi connectivity index (χ1) is 12.1. The monoisotopic (exact) mass is 351 g/mol. The number of hydrogen-bond acceptors (Lipinski definition) is 5. The molecule has 2 N–H and O–H groups in total. The summed E-state index contributed by atoms with van der Waals surface area (Å²) >= 11 is 0. The van der Waals surface area contributed by atoms with E-state index in [9.17, 15) is 0 Å². The number of methoxy groups -OCH3 is 1. The number of ether oxygens (including phenoxy) is 1. The molecule has 0 bridgehead atoms. The first-order valence-corrected chi connectivity index (χ1v) is 9.25. The molecular formula is C17H33N7O. The van der Waals surface area contributed by atoms with Crippen LogP contribution in [0.2, 0.25) is 0 Å². The van der Waals surface area contributed by atoms with Crippen molar-refractivity contribution < 1.29 is 4.74 Å². The highest BCUT2D eigenvalue weighted by Crippen LogP contribution is 2.10.